The molecule has 2 heterocycles. The van der Waals surface area contributed by atoms with Crippen molar-refractivity contribution in [1.82, 2.24) is 9.55 Å². The highest BCUT2D eigenvalue weighted by molar-refractivity contribution is 6.10. The van der Waals surface area contributed by atoms with Crippen molar-refractivity contribution in [1.29, 1.82) is 0 Å². The molecular formula is C44H37N3. The van der Waals surface area contributed by atoms with Crippen molar-refractivity contribution in [2.24, 2.45) is 23.2 Å². The van der Waals surface area contributed by atoms with Crippen LogP contribution >= 0.6 is 0 Å². The van der Waals surface area contributed by atoms with Gasteiger partial charge in [0.05, 0.1) is 11.0 Å². The summed E-state index contributed by atoms with van der Waals surface area (Å²) < 4.78 is 2.37. The number of fused-ring (bicyclic) bond motifs is 6. The first-order valence-electron chi connectivity index (χ1n) is 16.7. The lowest BCUT2D eigenvalue weighted by molar-refractivity contribution is 0.215. The van der Waals surface area contributed by atoms with Gasteiger partial charge in [-0.15, -0.1) is 0 Å². The zero-order chi connectivity index (χ0) is 31.5. The van der Waals surface area contributed by atoms with E-state index in [9.17, 15) is 0 Å². The first-order chi connectivity index (χ1) is 23.1. The topological polar surface area (TPSA) is 21.1 Å². The molecular weight excluding hydrogens is 571 g/mol. The van der Waals surface area contributed by atoms with E-state index in [1.165, 1.54) is 44.3 Å². The van der Waals surface area contributed by atoms with Crippen molar-refractivity contribution in [3.8, 4) is 16.8 Å². The standard InChI is InChI=1S/C44H37N3/c1-44(2)39-16-8-6-14-35(39)36-25-24-34(29-40(36)44)46(43-18-10-11-27-45-43)33-22-19-30(20-23-33)31-21-26-42-38(28-31)37-15-7-9-17-41(37)47(42)32-12-4-3-5-13-32/h3-28,35,39-40H,29H2,1-2H3. The Morgan fingerprint density at radius 2 is 1.45 bits per heavy atom. The van der Waals surface area contributed by atoms with Crippen LogP contribution in [0.5, 0.6) is 0 Å². The van der Waals surface area contributed by atoms with Gasteiger partial charge in [-0.3, -0.25) is 4.90 Å². The monoisotopic (exact) mass is 607 g/mol. The first kappa shape index (κ1) is 27.9. The first-order valence-corrected chi connectivity index (χ1v) is 16.7. The minimum atomic E-state index is 0.180. The fourth-order valence-electron chi connectivity index (χ4n) is 8.52. The molecule has 0 N–H and O–H groups in total. The van der Waals surface area contributed by atoms with Gasteiger partial charge in [0.2, 0.25) is 0 Å². The van der Waals surface area contributed by atoms with Crippen LogP contribution in [-0.4, -0.2) is 9.55 Å². The van der Waals surface area contributed by atoms with E-state index in [1.807, 2.05) is 12.3 Å². The average molecular weight is 608 g/mol. The van der Waals surface area contributed by atoms with Crippen LogP contribution in [0.3, 0.4) is 0 Å². The molecule has 2 aromatic heterocycles. The fraction of sp³-hybridized carbons (Fsp3) is 0.159. The maximum Gasteiger partial charge on any atom is 0.137 e. The van der Waals surface area contributed by atoms with Gasteiger partial charge < -0.3 is 4.57 Å². The molecule has 3 nitrogen and oxygen atoms in total. The SMILES string of the molecule is CC1(C)C2CC(N(c3ccc(-c4ccc5c(c4)c4ccccc4n5-c4ccccc4)cc3)c3ccccn3)=CC=C2C2C=CC=CC21. The minimum absolute atomic E-state index is 0.180. The number of rotatable bonds is 5. The summed E-state index contributed by atoms with van der Waals surface area (Å²) in [5, 5.41) is 2.53. The van der Waals surface area contributed by atoms with E-state index in [-0.39, 0.29) is 5.41 Å². The molecule has 0 saturated heterocycles. The van der Waals surface area contributed by atoms with Crippen LogP contribution in [0.4, 0.5) is 11.5 Å². The Bertz CT molecular complexity index is 2250. The van der Waals surface area contributed by atoms with Crippen LogP contribution in [0.2, 0.25) is 0 Å². The van der Waals surface area contributed by atoms with E-state index in [4.69, 9.17) is 4.98 Å². The Morgan fingerprint density at radius 3 is 2.28 bits per heavy atom. The summed E-state index contributed by atoms with van der Waals surface area (Å²) in [5.74, 6) is 2.48. The maximum atomic E-state index is 4.84. The van der Waals surface area contributed by atoms with E-state index < -0.39 is 0 Å². The van der Waals surface area contributed by atoms with Crippen molar-refractivity contribution < 1.29 is 0 Å². The van der Waals surface area contributed by atoms with Gasteiger partial charge in [0.1, 0.15) is 5.82 Å². The van der Waals surface area contributed by atoms with E-state index in [0.717, 1.165) is 17.9 Å². The van der Waals surface area contributed by atoms with Gasteiger partial charge in [-0.2, -0.15) is 0 Å². The summed E-state index contributed by atoms with van der Waals surface area (Å²) in [5.41, 5.74) is 10.2. The highest BCUT2D eigenvalue weighted by Crippen LogP contribution is 2.59. The van der Waals surface area contributed by atoms with E-state index in [1.54, 1.807) is 5.57 Å². The van der Waals surface area contributed by atoms with E-state index in [2.05, 4.69) is 169 Å². The third-order valence-electron chi connectivity index (χ3n) is 10.9. The number of hydrogen-bond donors (Lipinski definition) is 0. The molecule has 47 heavy (non-hydrogen) atoms. The zero-order valence-electron chi connectivity index (χ0n) is 26.8. The zero-order valence-corrected chi connectivity index (χ0v) is 26.8. The number of anilines is 2. The lowest BCUT2D eigenvalue weighted by Gasteiger charge is -2.36. The Kier molecular flexibility index (Phi) is 6.43. The van der Waals surface area contributed by atoms with E-state index >= 15 is 0 Å². The number of hydrogen-bond acceptors (Lipinski definition) is 2. The molecule has 4 aromatic carbocycles. The highest BCUT2D eigenvalue weighted by atomic mass is 15.2. The lowest BCUT2D eigenvalue weighted by Crippen LogP contribution is -2.29. The number of pyridine rings is 1. The number of nitrogens with zero attached hydrogens (tertiary/aromatic N) is 3. The van der Waals surface area contributed by atoms with Crippen molar-refractivity contribution in [3.63, 3.8) is 0 Å². The maximum absolute atomic E-state index is 4.84. The molecule has 3 aliphatic carbocycles. The molecule has 0 amide bonds. The molecule has 3 aliphatic rings. The quantitative estimate of drug-likeness (QED) is 0.194. The summed E-state index contributed by atoms with van der Waals surface area (Å²) in [7, 11) is 0. The van der Waals surface area contributed by atoms with Crippen molar-refractivity contribution in [2.45, 2.75) is 20.3 Å². The van der Waals surface area contributed by atoms with Gasteiger partial charge in [0.25, 0.3) is 0 Å². The third kappa shape index (κ3) is 4.45. The van der Waals surface area contributed by atoms with Crippen molar-refractivity contribution in [3.05, 3.63) is 169 Å². The fourth-order valence-corrected chi connectivity index (χ4v) is 8.52. The van der Waals surface area contributed by atoms with Crippen LogP contribution in [0.1, 0.15) is 20.3 Å². The molecule has 3 unspecified atom stereocenters. The Morgan fingerprint density at radius 1 is 0.702 bits per heavy atom. The van der Waals surface area contributed by atoms with Gasteiger partial charge in [-0.05, 0) is 95.5 Å². The van der Waals surface area contributed by atoms with Gasteiger partial charge in [-0.1, -0.05) is 110 Å². The van der Waals surface area contributed by atoms with Crippen molar-refractivity contribution >= 4 is 33.3 Å². The summed E-state index contributed by atoms with van der Waals surface area (Å²) in [4.78, 5) is 7.19. The number of allylic oxidation sites excluding steroid dienone is 8. The van der Waals surface area contributed by atoms with Crippen LogP contribution in [0, 0.1) is 23.2 Å². The Labute approximate surface area is 276 Å². The molecule has 0 aliphatic heterocycles. The predicted octanol–water partition coefficient (Wildman–Crippen LogP) is 11.2. The van der Waals surface area contributed by atoms with Crippen LogP contribution in [0.15, 0.2) is 169 Å². The normalized spacial score (nSPS) is 20.9. The predicted molar refractivity (Wildman–Crippen MR) is 196 cm³/mol. The average Bonchev–Trinajstić information content (AvgIpc) is 3.58. The van der Waals surface area contributed by atoms with Gasteiger partial charge in [0.15, 0.2) is 0 Å². The smallest absolute Gasteiger partial charge is 0.137 e. The molecule has 0 bridgehead atoms. The summed E-state index contributed by atoms with van der Waals surface area (Å²) in [6, 6.07) is 41.5. The molecule has 1 fully saturated rings. The summed E-state index contributed by atoms with van der Waals surface area (Å²) in [6.07, 6.45) is 16.9. The van der Waals surface area contributed by atoms with E-state index in [0.29, 0.717) is 17.8 Å². The lowest BCUT2D eigenvalue weighted by atomic mass is 9.71. The molecule has 6 aromatic rings. The number of aromatic nitrogens is 2. The van der Waals surface area contributed by atoms with Crippen LogP contribution in [0.25, 0.3) is 38.6 Å². The molecule has 3 atom stereocenters. The molecule has 1 saturated carbocycles. The summed E-state index contributed by atoms with van der Waals surface area (Å²) in [6.45, 7) is 4.91. The summed E-state index contributed by atoms with van der Waals surface area (Å²) >= 11 is 0. The molecule has 0 spiro atoms. The number of para-hydroxylation sites is 2. The van der Waals surface area contributed by atoms with Gasteiger partial charge in [-0.25, -0.2) is 4.98 Å². The number of benzene rings is 4. The third-order valence-corrected chi connectivity index (χ3v) is 10.9. The van der Waals surface area contributed by atoms with Crippen molar-refractivity contribution in [2.75, 3.05) is 4.90 Å². The molecule has 9 rings (SSSR count). The van der Waals surface area contributed by atoms with Crippen LogP contribution in [-0.2, 0) is 0 Å². The molecule has 0 radical (unpaired) electrons. The largest absolute Gasteiger partial charge is 0.309 e. The second kappa shape index (κ2) is 10.8. The highest BCUT2D eigenvalue weighted by Gasteiger charge is 2.51. The van der Waals surface area contributed by atoms with Crippen LogP contribution < -0.4 is 4.90 Å². The minimum Gasteiger partial charge on any atom is -0.309 e. The van der Waals surface area contributed by atoms with Gasteiger partial charge in [0, 0.05) is 40.0 Å². The second-order valence-electron chi connectivity index (χ2n) is 13.7. The van der Waals surface area contributed by atoms with Gasteiger partial charge >= 0.3 is 0 Å². The molecule has 228 valence electrons. The Balaban J connectivity index is 1.10. The molecule has 3 heteroatoms. The Hall–Kier alpha value is -5.41. The second-order valence-corrected chi connectivity index (χ2v) is 13.7.